The molecule has 2 atom stereocenters. The van der Waals surface area contributed by atoms with E-state index in [1.165, 1.54) is 12.8 Å². The molecule has 0 aromatic heterocycles. The monoisotopic (exact) mass is 140 g/mol. The SMILES string of the molecule is C1C2C[C@H]3C[C@H](C2)OC1O3. The van der Waals surface area contributed by atoms with Gasteiger partial charge in [-0.05, 0) is 18.8 Å². The molecule has 1 aliphatic carbocycles. The summed E-state index contributed by atoms with van der Waals surface area (Å²) >= 11 is 0. The van der Waals surface area contributed by atoms with Crippen molar-refractivity contribution in [1.82, 2.24) is 0 Å². The van der Waals surface area contributed by atoms with Crippen molar-refractivity contribution in [3.05, 3.63) is 0 Å². The lowest BCUT2D eigenvalue weighted by molar-refractivity contribution is -0.302. The minimum Gasteiger partial charge on any atom is -0.349 e. The highest BCUT2D eigenvalue weighted by Gasteiger charge is 2.43. The highest BCUT2D eigenvalue weighted by atomic mass is 16.7. The third kappa shape index (κ3) is 0.663. The number of ether oxygens (including phenoxy) is 2. The van der Waals surface area contributed by atoms with E-state index in [4.69, 9.17) is 9.47 Å². The van der Waals surface area contributed by atoms with Crippen LogP contribution in [0.1, 0.15) is 25.7 Å². The van der Waals surface area contributed by atoms with Crippen molar-refractivity contribution in [3.63, 3.8) is 0 Å². The standard InChI is InChI=1S/C8H12O2/c1-5-2-7-4-6(1)9-8(3-5)10-7/h5-8H,1-4H2/t5?,6-,7-,8?/m0/s1. The Kier molecular flexibility index (Phi) is 0.968. The smallest absolute Gasteiger partial charge is 0.158 e. The molecule has 0 unspecified atom stereocenters. The van der Waals surface area contributed by atoms with Crippen molar-refractivity contribution in [2.45, 2.75) is 44.2 Å². The normalized spacial score (nSPS) is 57.6. The molecule has 3 heterocycles. The molecule has 3 saturated heterocycles. The summed E-state index contributed by atoms with van der Waals surface area (Å²) in [5.41, 5.74) is 0. The second-order valence-corrected chi connectivity index (χ2v) is 3.75. The Labute approximate surface area is 60.5 Å². The molecule has 0 spiro atoms. The topological polar surface area (TPSA) is 18.5 Å². The molecular formula is C8H12O2. The minimum atomic E-state index is 0.177. The maximum atomic E-state index is 5.60. The number of rotatable bonds is 0. The molecule has 3 aliphatic heterocycles. The summed E-state index contributed by atoms with van der Waals surface area (Å²) < 4.78 is 11.2. The van der Waals surface area contributed by atoms with Crippen LogP contribution < -0.4 is 0 Å². The van der Waals surface area contributed by atoms with E-state index in [-0.39, 0.29) is 6.29 Å². The van der Waals surface area contributed by atoms with Gasteiger partial charge in [-0.3, -0.25) is 0 Å². The zero-order valence-corrected chi connectivity index (χ0v) is 5.95. The van der Waals surface area contributed by atoms with Gasteiger partial charge in [-0.15, -0.1) is 0 Å². The average Bonchev–Trinajstić information content (AvgIpc) is 1.82. The van der Waals surface area contributed by atoms with Crippen LogP contribution in [0.3, 0.4) is 0 Å². The van der Waals surface area contributed by atoms with Crippen molar-refractivity contribution >= 4 is 0 Å². The average molecular weight is 140 g/mol. The molecule has 0 N–H and O–H groups in total. The highest BCUT2D eigenvalue weighted by molar-refractivity contribution is 4.89. The fourth-order valence-electron chi connectivity index (χ4n) is 2.58. The summed E-state index contributed by atoms with van der Waals surface area (Å²) in [6, 6.07) is 0. The van der Waals surface area contributed by atoms with Crippen LogP contribution in [0.4, 0.5) is 0 Å². The van der Waals surface area contributed by atoms with Crippen LogP contribution >= 0.6 is 0 Å². The molecule has 2 heteroatoms. The van der Waals surface area contributed by atoms with Gasteiger partial charge in [-0.1, -0.05) is 0 Å². The Hall–Kier alpha value is -0.0800. The van der Waals surface area contributed by atoms with Gasteiger partial charge in [-0.25, -0.2) is 0 Å². The Morgan fingerprint density at radius 2 is 1.50 bits per heavy atom. The maximum absolute atomic E-state index is 5.60. The molecule has 1 saturated carbocycles. The molecule has 4 bridgehead atoms. The summed E-state index contributed by atoms with van der Waals surface area (Å²) in [4.78, 5) is 0. The zero-order valence-electron chi connectivity index (χ0n) is 5.95. The number of hydrogen-bond acceptors (Lipinski definition) is 2. The van der Waals surface area contributed by atoms with Crippen LogP contribution in [-0.2, 0) is 9.47 Å². The van der Waals surface area contributed by atoms with Gasteiger partial charge in [0.05, 0.1) is 12.2 Å². The van der Waals surface area contributed by atoms with Crippen molar-refractivity contribution in [2.24, 2.45) is 5.92 Å². The first-order valence-electron chi connectivity index (χ1n) is 4.21. The Bertz CT molecular complexity index is 98.8. The molecule has 10 heavy (non-hydrogen) atoms. The molecule has 0 radical (unpaired) electrons. The second kappa shape index (κ2) is 1.74. The minimum absolute atomic E-state index is 0.177. The lowest BCUT2D eigenvalue weighted by atomic mass is 9.79. The Morgan fingerprint density at radius 1 is 0.800 bits per heavy atom. The van der Waals surface area contributed by atoms with Crippen LogP contribution in [0.15, 0.2) is 0 Å². The van der Waals surface area contributed by atoms with Gasteiger partial charge in [0, 0.05) is 12.8 Å². The van der Waals surface area contributed by atoms with Gasteiger partial charge in [0.2, 0.25) is 0 Å². The summed E-state index contributed by atoms with van der Waals surface area (Å²) in [7, 11) is 0. The number of hydrogen-bond donors (Lipinski definition) is 0. The summed E-state index contributed by atoms with van der Waals surface area (Å²) in [6.07, 6.45) is 6.20. The van der Waals surface area contributed by atoms with Gasteiger partial charge in [-0.2, -0.15) is 0 Å². The third-order valence-corrected chi connectivity index (χ3v) is 2.93. The van der Waals surface area contributed by atoms with E-state index in [1.54, 1.807) is 0 Å². The first-order chi connectivity index (χ1) is 4.90. The molecule has 2 nitrogen and oxygen atoms in total. The fraction of sp³-hybridized carbons (Fsp3) is 1.00. The third-order valence-electron chi connectivity index (χ3n) is 2.93. The summed E-state index contributed by atoms with van der Waals surface area (Å²) in [5, 5.41) is 0. The van der Waals surface area contributed by atoms with E-state index < -0.39 is 0 Å². The Morgan fingerprint density at radius 3 is 2.00 bits per heavy atom. The fourth-order valence-corrected chi connectivity index (χ4v) is 2.58. The molecule has 0 amide bonds. The van der Waals surface area contributed by atoms with Gasteiger partial charge < -0.3 is 9.47 Å². The second-order valence-electron chi connectivity index (χ2n) is 3.75. The van der Waals surface area contributed by atoms with Crippen LogP contribution in [0, 0.1) is 5.92 Å². The van der Waals surface area contributed by atoms with Crippen molar-refractivity contribution in [3.8, 4) is 0 Å². The van der Waals surface area contributed by atoms with E-state index in [2.05, 4.69) is 0 Å². The maximum Gasteiger partial charge on any atom is 0.158 e. The first-order valence-corrected chi connectivity index (χ1v) is 4.21. The van der Waals surface area contributed by atoms with Gasteiger partial charge >= 0.3 is 0 Å². The molecule has 4 aliphatic rings. The Balaban J connectivity index is 1.90. The quantitative estimate of drug-likeness (QED) is 0.505. The molecule has 0 aromatic carbocycles. The predicted molar refractivity (Wildman–Crippen MR) is 35.5 cm³/mol. The lowest BCUT2D eigenvalue weighted by Gasteiger charge is -2.49. The first kappa shape index (κ1) is 5.56. The van der Waals surface area contributed by atoms with Gasteiger partial charge in [0.15, 0.2) is 6.29 Å². The van der Waals surface area contributed by atoms with Gasteiger partial charge in [0.25, 0.3) is 0 Å². The van der Waals surface area contributed by atoms with Crippen molar-refractivity contribution in [2.75, 3.05) is 0 Å². The highest BCUT2D eigenvalue weighted by Crippen LogP contribution is 2.43. The van der Waals surface area contributed by atoms with Crippen molar-refractivity contribution in [1.29, 1.82) is 0 Å². The lowest BCUT2D eigenvalue weighted by Crippen LogP contribution is -2.50. The van der Waals surface area contributed by atoms with E-state index >= 15 is 0 Å². The van der Waals surface area contributed by atoms with Crippen LogP contribution in [0.5, 0.6) is 0 Å². The zero-order chi connectivity index (χ0) is 6.55. The molecule has 4 rings (SSSR count). The largest absolute Gasteiger partial charge is 0.349 e. The van der Waals surface area contributed by atoms with E-state index in [0.29, 0.717) is 12.2 Å². The van der Waals surface area contributed by atoms with Crippen LogP contribution in [0.25, 0.3) is 0 Å². The van der Waals surface area contributed by atoms with E-state index in [0.717, 1.165) is 18.8 Å². The summed E-state index contributed by atoms with van der Waals surface area (Å²) in [5.74, 6) is 0.927. The molecular weight excluding hydrogens is 128 g/mol. The van der Waals surface area contributed by atoms with E-state index in [1.807, 2.05) is 0 Å². The predicted octanol–water partition coefficient (Wildman–Crippen LogP) is 1.30. The van der Waals surface area contributed by atoms with Crippen molar-refractivity contribution < 1.29 is 9.47 Å². The summed E-state index contributed by atoms with van der Waals surface area (Å²) in [6.45, 7) is 0. The van der Waals surface area contributed by atoms with Gasteiger partial charge in [0.1, 0.15) is 0 Å². The van der Waals surface area contributed by atoms with Crippen LogP contribution in [0.2, 0.25) is 0 Å². The molecule has 4 fully saturated rings. The van der Waals surface area contributed by atoms with E-state index in [9.17, 15) is 0 Å². The molecule has 56 valence electrons. The van der Waals surface area contributed by atoms with Crippen LogP contribution in [-0.4, -0.2) is 18.5 Å². The molecule has 0 aromatic rings.